The highest BCUT2D eigenvalue weighted by Gasteiger charge is 2.07. The zero-order valence-corrected chi connectivity index (χ0v) is 10.7. The maximum atomic E-state index is 5.79. The van der Waals surface area contributed by atoms with Gasteiger partial charge in [0, 0.05) is 12.4 Å². The number of nitrogens with two attached hydrogens (primary N) is 2. The molecular weight excluding hydrogens is 254 g/mol. The van der Waals surface area contributed by atoms with E-state index < -0.39 is 0 Å². The molecule has 3 aromatic heterocycles. The van der Waals surface area contributed by atoms with Crippen LogP contribution in [-0.2, 0) is 12.8 Å². The average Bonchev–Trinajstić information content (AvgIpc) is 2.46. The lowest BCUT2D eigenvalue weighted by Gasteiger charge is -2.04. The third-order valence-corrected chi connectivity index (χ3v) is 2.92. The number of hydrogen-bond acceptors (Lipinski definition) is 7. The van der Waals surface area contributed by atoms with E-state index in [4.69, 9.17) is 11.5 Å². The van der Waals surface area contributed by atoms with Gasteiger partial charge < -0.3 is 11.5 Å². The second kappa shape index (κ2) is 5.04. The van der Waals surface area contributed by atoms with E-state index in [9.17, 15) is 0 Å². The summed E-state index contributed by atoms with van der Waals surface area (Å²) < 4.78 is 0. The van der Waals surface area contributed by atoms with Crippen molar-refractivity contribution in [1.29, 1.82) is 0 Å². The van der Waals surface area contributed by atoms with Gasteiger partial charge in [0.25, 0.3) is 0 Å². The van der Waals surface area contributed by atoms with Crippen molar-refractivity contribution in [2.75, 3.05) is 11.5 Å². The van der Waals surface area contributed by atoms with Crippen LogP contribution < -0.4 is 11.5 Å². The van der Waals surface area contributed by atoms with Crippen LogP contribution in [0, 0.1) is 0 Å². The summed E-state index contributed by atoms with van der Waals surface area (Å²) in [6.45, 7) is 0. The highest BCUT2D eigenvalue weighted by Crippen LogP contribution is 2.15. The molecule has 0 aliphatic carbocycles. The van der Waals surface area contributed by atoms with Gasteiger partial charge in [-0.1, -0.05) is 0 Å². The monoisotopic (exact) mass is 267 g/mol. The van der Waals surface area contributed by atoms with Crippen LogP contribution in [0.3, 0.4) is 0 Å². The number of nitrogens with zero attached hydrogens (tertiary/aromatic N) is 5. The number of nitrogen functional groups attached to an aromatic ring is 2. The van der Waals surface area contributed by atoms with E-state index in [1.54, 1.807) is 18.6 Å². The zero-order valence-electron chi connectivity index (χ0n) is 10.7. The van der Waals surface area contributed by atoms with E-state index in [0.29, 0.717) is 11.2 Å². The van der Waals surface area contributed by atoms with Crippen LogP contribution in [-0.4, -0.2) is 24.9 Å². The van der Waals surface area contributed by atoms with Crippen LogP contribution in [0.1, 0.15) is 11.3 Å². The summed E-state index contributed by atoms with van der Waals surface area (Å²) in [5.74, 6) is 0.361. The lowest BCUT2D eigenvalue weighted by Crippen LogP contribution is -2.05. The van der Waals surface area contributed by atoms with Crippen molar-refractivity contribution in [1.82, 2.24) is 24.9 Å². The van der Waals surface area contributed by atoms with Gasteiger partial charge in [0.2, 0.25) is 5.95 Å². The smallest absolute Gasteiger partial charge is 0.224 e. The lowest BCUT2D eigenvalue weighted by molar-refractivity contribution is 0.906. The van der Waals surface area contributed by atoms with Crippen molar-refractivity contribution in [2.24, 2.45) is 0 Å². The predicted molar refractivity (Wildman–Crippen MR) is 75.6 cm³/mol. The Kier molecular flexibility index (Phi) is 3.08. The predicted octanol–water partition coefficient (Wildman–Crippen LogP) is 0.764. The van der Waals surface area contributed by atoms with Gasteiger partial charge in [0.05, 0.1) is 11.9 Å². The van der Waals surface area contributed by atoms with E-state index in [1.165, 1.54) is 5.56 Å². The van der Waals surface area contributed by atoms with Gasteiger partial charge in [0.1, 0.15) is 0 Å². The molecule has 20 heavy (non-hydrogen) atoms. The fourth-order valence-corrected chi connectivity index (χ4v) is 1.93. The molecule has 0 aliphatic heterocycles. The number of aromatic nitrogens is 5. The van der Waals surface area contributed by atoms with Crippen molar-refractivity contribution in [3.63, 3.8) is 0 Å². The number of fused-ring (bicyclic) bond motifs is 1. The molecule has 0 amide bonds. The molecule has 0 fully saturated rings. The minimum Gasteiger partial charge on any atom is -0.382 e. The van der Waals surface area contributed by atoms with Gasteiger partial charge in [-0.3, -0.25) is 4.98 Å². The van der Waals surface area contributed by atoms with Crippen LogP contribution in [0.5, 0.6) is 0 Å². The standard InChI is InChI=1S/C13H13N7/c14-11-10-12(20-13(15)19-11)17-7-9(18-10)2-1-8-3-5-16-6-4-8/h3-7H,1-2H2,(H4,14,15,17,19,20). The molecular formula is C13H13N7. The highest BCUT2D eigenvalue weighted by molar-refractivity contribution is 5.81. The number of hydrogen-bond donors (Lipinski definition) is 2. The van der Waals surface area contributed by atoms with Gasteiger partial charge >= 0.3 is 0 Å². The van der Waals surface area contributed by atoms with Crippen LogP contribution >= 0.6 is 0 Å². The maximum Gasteiger partial charge on any atom is 0.224 e. The summed E-state index contributed by atoms with van der Waals surface area (Å²) in [6, 6.07) is 3.96. The number of anilines is 2. The summed E-state index contributed by atoms with van der Waals surface area (Å²) in [5, 5.41) is 0. The van der Waals surface area contributed by atoms with Crippen molar-refractivity contribution in [3.8, 4) is 0 Å². The molecule has 4 N–H and O–H groups in total. The van der Waals surface area contributed by atoms with Gasteiger partial charge in [-0.05, 0) is 30.5 Å². The molecule has 7 heteroatoms. The fraction of sp³-hybridized carbons (Fsp3) is 0.154. The molecule has 0 spiro atoms. The molecule has 0 unspecified atom stereocenters. The Bertz CT molecular complexity index is 742. The first-order valence-electron chi connectivity index (χ1n) is 6.16. The van der Waals surface area contributed by atoms with Gasteiger partial charge in [-0.2, -0.15) is 9.97 Å². The summed E-state index contributed by atoms with van der Waals surface area (Å²) in [7, 11) is 0. The van der Waals surface area contributed by atoms with E-state index in [2.05, 4.69) is 24.9 Å². The Morgan fingerprint density at radius 3 is 2.55 bits per heavy atom. The average molecular weight is 267 g/mol. The molecule has 0 radical (unpaired) electrons. The Morgan fingerprint density at radius 1 is 0.950 bits per heavy atom. The molecule has 7 nitrogen and oxygen atoms in total. The first-order valence-corrected chi connectivity index (χ1v) is 6.16. The first-order chi connectivity index (χ1) is 9.72. The van der Waals surface area contributed by atoms with E-state index in [1.807, 2.05) is 12.1 Å². The second-order valence-electron chi connectivity index (χ2n) is 4.36. The van der Waals surface area contributed by atoms with Crippen LogP contribution in [0.2, 0.25) is 0 Å². The Labute approximate surface area is 115 Å². The van der Waals surface area contributed by atoms with Gasteiger partial charge in [-0.25, -0.2) is 9.97 Å². The van der Waals surface area contributed by atoms with E-state index >= 15 is 0 Å². The third kappa shape index (κ3) is 2.46. The van der Waals surface area contributed by atoms with Gasteiger partial charge in [0.15, 0.2) is 17.0 Å². The molecule has 0 aromatic carbocycles. The quantitative estimate of drug-likeness (QED) is 0.719. The fourth-order valence-electron chi connectivity index (χ4n) is 1.93. The number of pyridine rings is 1. The third-order valence-electron chi connectivity index (χ3n) is 2.92. The van der Waals surface area contributed by atoms with Crippen LogP contribution in [0.4, 0.5) is 11.8 Å². The molecule has 0 saturated heterocycles. The summed E-state index contributed by atoms with van der Waals surface area (Å²) in [5.41, 5.74) is 14.3. The summed E-state index contributed by atoms with van der Waals surface area (Å²) >= 11 is 0. The maximum absolute atomic E-state index is 5.79. The topological polar surface area (TPSA) is 116 Å². The molecule has 0 saturated carbocycles. The molecule has 3 rings (SSSR count). The molecule has 0 atom stereocenters. The minimum atomic E-state index is 0.105. The highest BCUT2D eigenvalue weighted by atomic mass is 15.1. The Hall–Kier alpha value is -2.83. The first kappa shape index (κ1) is 12.2. The molecule has 0 bridgehead atoms. The Morgan fingerprint density at radius 2 is 1.75 bits per heavy atom. The second-order valence-corrected chi connectivity index (χ2v) is 4.36. The molecule has 3 heterocycles. The largest absolute Gasteiger partial charge is 0.382 e. The van der Waals surface area contributed by atoms with Crippen LogP contribution in [0.15, 0.2) is 30.7 Å². The van der Waals surface area contributed by atoms with E-state index in [0.717, 1.165) is 18.5 Å². The summed E-state index contributed by atoms with van der Waals surface area (Å²) in [4.78, 5) is 20.6. The lowest BCUT2D eigenvalue weighted by atomic mass is 10.1. The number of aryl methyl sites for hydroxylation is 2. The SMILES string of the molecule is Nc1nc(N)c2nc(CCc3ccncc3)cnc2n1. The van der Waals surface area contributed by atoms with Crippen LogP contribution in [0.25, 0.3) is 11.2 Å². The normalized spacial score (nSPS) is 10.8. The molecule has 3 aromatic rings. The molecule has 100 valence electrons. The Balaban J connectivity index is 1.86. The molecule has 0 aliphatic rings. The van der Waals surface area contributed by atoms with E-state index in [-0.39, 0.29) is 11.8 Å². The zero-order chi connectivity index (χ0) is 13.9. The van der Waals surface area contributed by atoms with Crippen molar-refractivity contribution >= 4 is 22.9 Å². The van der Waals surface area contributed by atoms with Gasteiger partial charge in [-0.15, -0.1) is 0 Å². The number of rotatable bonds is 3. The van der Waals surface area contributed by atoms with Crippen molar-refractivity contribution < 1.29 is 0 Å². The van der Waals surface area contributed by atoms with Crippen molar-refractivity contribution in [3.05, 3.63) is 42.0 Å². The summed E-state index contributed by atoms with van der Waals surface area (Å²) in [6.07, 6.45) is 6.86. The van der Waals surface area contributed by atoms with Crippen molar-refractivity contribution in [2.45, 2.75) is 12.8 Å². The minimum absolute atomic E-state index is 0.105.